The first kappa shape index (κ1) is 14.3. The molecule has 1 aliphatic heterocycles. The lowest BCUT2D eigenvalue weighted by atomic mass is 9.95. The van der Waals surface area contributed by atoms with Gasteiger partial charge < -0.3 is 0 Å². The van der Waals surface area contributed by atoms with Crippen molar-refractivity contribution >= 4 is 5.78 Å². The van der Waals surface area contributed by atoms with Crippen LogP contribution in [0.4, 0.5) is 0 Å². The largest absolute Gasteiger partial charge is 0.296 e. The van der Waals surface area contributed by atoms with E-state index in [1.54, 1.807) is 0 Å². The van der Waals surface area contributed by atoms with Crippen LogP contribution >= 0.6 is 0 Å². The molecule has 1 fully saturated rings. The number of carbonyl (C=O) groups is 1. The highest BCUT2D eigenvalue weighted by atomic mass is 16.1. The van der Waals surface area contributed by atoms with Gasteiger partial charge in [0.05, 0.1) is 6.54 Å². The Labute approximate surface area is 116 Å². The second-order valence-electron chi connectivity index (χ2n) is 6.27. The fourth-order valence-corrected chi connectivity index (χ4v) is 2.87. The van der Waals surface area contributed by atoms with Gasteiger partial charge in [0.15, 0.2) is 5.78 Å². The average molecular weight is 259 g/mol. The van der Waals surface area contributed by atoms with Crippen molar-refractivity contribution in [3.63, 3.8) is 0 Å². The number of ketones is 1. The fourth-order valence-electron chi connectivity index (χ4n) is 2.87. The number of aryl methyl sites for hydroxylation is 2. The Morgan fingerprint density at radius 3 is 2.74 bits per heavy atom. The standard InChI is InChI=1S/C17H25NO/c1-12(2)15-7-8-18(10-15)11-17(19)16-9-13(3)5-6-14(16)4/h5-6,9,12,15H,7-8,10-11H2,1-4H3. The Kier molecular flexibility index (Phi) is 4.41. The maximum absolute atomic E-state index is 12.4. The maximum atomic E-state index is 12.4. The summed E-state index contributed by atoms with van der Waals surface area (Å²) >= 11 is 0. The highest BCUT2D eigenvalue weighted by Gasteiger charge is 2.26. The van der Waals surface area contributed by atoms with Gasteiger partial charge in [-0.15, -0.1) is 0 Å². The normalized spacial score (nSPS) is 20.2. The van der Waals surface area contributed by atoms with Crippen molar-refractivity contribution in [2.24, 2.45) is 11.8 Å². The molecule has 0 bridgehead atoms. The molecule has 1 aromatic carbocycles. The third-order valence-electron chi connectivity index (χ3n) is 4.31. The van der Waals surface area contributed by atoms with Gasteiger partial charge in [-0.3, -0.25) is 9.69 Å². The predicted molar refractivity (Wildman–Crippen MR) is 79.6 cm³/mol. The number of carbonyl (C=O) groups excluding carboxylic acids is 1. The molecule has 1 heterocycles. The van der Waals surface area contributed by atoms with Crippen LogP contribution in [0.2, 0.25) is 0 Å². The Hall–Kier alpha value is -1.15. The molecule has 1 saturated heterocycles. The summed E-state index contributed by atoms with van der Waals surface area (Å²) in [4.78, 5) is 14.7. The second-order valence-corrected chi connectivity index (χ2v) is 6.27. The van der Waals surface area contributed by atoms with E-state index in [2.05, 4.69) is 24.8 Å². The summed E-state index contributed by atoms with van der Waals surface area (Å²) in [5.41, 5.74) is 3.15. The minimum atomic E-state index is 0.269. The van der Waals surface area contributed by atoms with Gasteiger partial charge in [-0.1, -0.05) is 31.5 Å². The van der Waals surface area contributed by atoms with Gasteiger partial charge in [0.1, 0.15) is 0 Å². The summed E-state index contributed by atoms with van der Waals surface area (Å²) in [7, 11) is 0. The van der Waals surface area contributed by atoms with Gasteiger partial charge in [-0.25, -0.2) is 0 Å². The molecule has 0 N–H and O–H groups in total. The molecule has 2 nitrogen and oxygen atoms in total. The second kappa shape index (κ2) is 5.87. The van der Waals surface area contributed by atoms with E-state index in [0.29, 0.717) is 6.54 Å². The minimum absolute atomic E-state index is 0.269. The number of rotatable bonds is 4. The zero-order chi connectivity index (χ0) is 14.0. The Morgan fingerprint density at radius 1 is 1.37 bits per heavy atom. The molecule has 19 heavy (non-hydrogen) atoms. The summed E-state index contributed by atoms with van der Waals surface area (Å²) in [5, 5.41) is 0. The summed E-state index contributed by atoms with van der Waals surface area (Å²) in [6.07, 6.45) is 1.23. The summed E-state index contributed by atoms with van der Waals surface area (Å²) in [6, 6.07) is 6.13. The molecule has 0 spiro atoms. The van der Waals surface area contributed by atoms with E-state index in [-0.39, 0.29) is 5.78 Å². The minimum Gasteiger partial charge on any atom is -0.296 e. The summed E-state index contributed by atoms with van der Waals surface area (Å²) in [6.45, 7) is 11.3. The Bertz CT molecular complexity index is 464. The lowest BCUT2D eigenvalue weighted by molar-refractivity contribution is 0.0941. The van der Waals surface area contributed by atoms with Crippen LogP contribution in [0.3, 0.4) is 0 Å². The predicted octanol–water partition coefficient (Wildman–Crippen LogP) is 3.46. The number of hydrogen-bond donors (Lipinski definition) is 0. The number of hydrogen-bond acceptors (Lipinski definition) is 2. The van der Waals surface area contributed by atoms with Crippen molar-refractivity contribution in [2.75, 3.05) is 19.6 Å². The van der Waals surface area contributed by atoms with Crippen molar-refractivity contribution in [2.45, 2.75) is 34.1 Å². The summed E-state index contributed by atoms with van der Waals surface area (Å²) in [5.74, 6) is 1.75. The van der Waals surface area contributed by atoms with Gasteiger partial charge in [-0.2, -0.15) is 0 Å². The number of benzene rings is 1. The first-order valence-electron chi connectivity index (χ1n) is 7.30. The smallest absolute Gasteiger partial charge is 0.177 e. The number of likely N-dealkylation sites (tertiary alicyclic amines) is 1. The Morgan fingerprint density at radius 2 is 2.11 bits per heavy atom. The molecule has 1 aromatic rings. The van der Waals surface area contributed by atoms with Gasteiger partial charge in [0, 0.05) is 12.1 Å². The van der Waals surface area contributed by atoms with E-state index in [0.717, 1.165) is 41.6 Å². The van der Waals surface area contributed by atoms with E-state index >= 15 is 0 Å². The van der Waals surface area contributed by atoms with Crippen LogP contribution in [-0.4, -0.2) is 30.3 Å². The van der Waals surface area contributed by atoms with Gasteiger partial charge in [-0.05, 0) is 50.3 Å². The van der Waals surface area contributed by atoms with Crippen LogP contribution in [0.1, 0.15) is 41.8 Å². The average Bonchev–Trinajstić information content (AvgIpc) is 2.80. The number of Topliss-reactive ketones (excluding diaryl/α,β-unsaturated/α-hetero) is 1. The SMILES string of the molecule is Cc1ccc(C)c(C(=O)CN2CCC(C(C)C)C2)c1. The lowest BCUT2D eigenvalue weighted by Gasteiger charge is -2.17. The molecule has 1 atom stereocenters. The molecule has 0 radical (unpaired) electrons. The molecule has 1 unspecified atom stereocenters. The van der Waals surface area contributed by atoms with E-state index in [1.807, 2.05) is 26.0 Å². The fraction of sp³-hybridized carbons (Fsp3) is 0.588. The molecule has 1 aliphatic rings. The zero-order valence-corrected chi connectivity index (χ0v) is 12.6. The lowest BCUT2D eigenvalue weighted by Crippen LogP contribution is -2.28. The molecule has 0 saturated carbocycles. The van der Waals surface area contributed by atoms with Crippen LogP contribution in [0.15, 0.2) is 18.2 Å². The van der Waals surface area contributed by atoms with Crippen LogP contribution in [0.25, 0.3) is 0 Å². The first-order chi connectivity index (χ1) is 8.97. The van der Waals surface area contributed by atoms with E-state index in [1.165, 1.54) is 6.42 Å². The topological polar surface area (TPSA) is 20.3 Å². The highest BCUT2D eigenvalue weighted by Crippen LogP contribution is 2.24. The van der Waals surface area contributed by atoms with Crippen LogP contribution in [0, 0.1) is 25.7 Å². The van der Waals surface area contributed by atoms with Crippen LogP contribution in [0.5, 0.6) is 0 Å². The van der Waals surface area contributed by atoms with Crippen molar-refractivity contribution in [3.05, 3.63) is 34.9 Å². The molecule has 2 rings (SSSR count). The quantitative estimate of drug-likeness (QED) is 0.772. The van der Waals surface area contributed by atoms with E-state index < -0.39 is 0 Å². The molecular formula is C17H25NO. The van der Waals surface area contributed by atoms with Gasteiger partial charge in [0.25, 0.3) is 0 Å². The highest BCUT2D eigenvalue weighted by molar-refractivity contribution is 5.99. The monoisotopic (exact) mass is 259 g/mol. The summed E-state index contributed by atoms with van der Waals surface area (Å²) < 4.78 is 0. The van der Waals surface area contributed by atoms with Gasteiger partial charge in [0.2, 0.25) is 0 Å². The Balaban J connectivity index is 2.00. The molecule has 2 heteroatoms. The van der Waals surface area contributed by atoms with Crippen LogP contribution in [-0.2, 0) is 0 Å². The molecule has 0 amide bonds. The maximum Gasteiger partial charge on any atom is 0.177 e. The molecular weight excluding hydrogens is 234 g/mol. The van der Waals surface area contributed by atoms with E-state index in [9.17, 15) is 4.79 Å². The molecule has 0 aromatic heterocycles. The zero-order valence-electron chi connectivity index (χ0n) is 12.6. The third kappa shape index (κ3) is 3.44. The van der Waals surface area contributed by atoms with Gasteiger partial charge >= 0.3 is 0 Å². The molecule has 0 aliphatic carbocycles. The van der Waals surface area contributed by atoms with Crippen LogP contribution < -0.4 is 0 Å². The van der Waals surface area contributed by atoms with Crippen molar-refractivity contribution < 1.29 is 4.79 Å². The first-order valence-corrected chi connectivity index (χ1v) is 7.30. The van der Waals surface area contributed by atoms with Crippen molar-refractivity contribution in [3.8, 4) is 0 Å². The van der Waals surface area contributed by atoms with E-state index in [4.69, 9.17) is 0 Å². The number of nitrogens with zero attached hydrogens (tertiary/aromatic N) is 1. The molecule has 104 valence electrons. The van der Waals surface area contributed by atoms with Crippen molar-refractivity contribution in [1.29, 1.82) is 0 Å². The van der Waals surface area contributed by atoms with Crippen molar-refractivity contribution in [1.82, 2.24) is 4.90 Å². The third-order valence-corrected chi connectivity index (χ3v) is 4.31.